The highest BCUT2D eigenvalue weighted by Gasteiger charge is 2.20. The molecule has 0 saturated heterocycles. The van der Waals surface area contributed by atoms with Crippen LogP contribution in [0, 0.1) is 11.8 Å². The number of carbonyl (C=O) groups is 1. The Labute approximate surface area is 91.4 Å². The molecule has 0 aromatic carbocycles. The second-order valence-electron chi connectivity index (χ2n) is 3.79. The fourth-order valence-corrected chi connectivity index (χ4v) is 1.38. The molecule has 0 aliphatic rings. The van der Waals surface area contributed by atoms with E-state index in [0.29, 0.717) is 5.57 Å². The summed E-state index contributed by atoms with van der Waals surface area (Å²) >= 11 is 0. The van der Waals surface area contributed by atoms with E-state index in [1.54, 1.807) is 19.9 Å². The Bertz CT molecular complexity index is 298. The third-order valence-electron chi connectivity index (χ3n) is 2.27. The highest BCUT2D eigenvalue weighted by Crippen LogP contribution is 2.22. The van der Waals surface area contributed by atoms with Gasteiger partial charge in [-0.1, -0.05) is 39.5 Å². The van der Waals surface area contributed by atoms with E-state index in [4.69, 9.17) is 0 Å². The largest absolute Gasteiger partial charge is 0.299 e. The van der Waals surface area contributed by atoms with Crippen LogP contribution in [0.2, 0.25) is 0 Å². The fraction of sp³-hybridized carbons (Fsp3) is 0.462. The number of hydrogen-bond donors (Lipinski definition) is 0. The van der Waals surface area contributed by atoms with Crippen LogP contribution >= 0.6 is 0 Å². The summed E-state index contributed by atoms with van der Waals surface area (Å²) in [5.74, 6) is -0.870. The van der Waals surface area contributed by atoms with Crippen LogP contribution in [-0.4, -0.2) is 5.78 Å². The van der Waals surface area contributed by atoms with E-state index in [-0.39, 0.29) is 17.5 Å². The first-order chi connectivity index (χ1) is 6.95. The van der Waals surface area contributed by atoms with Gasteiger partial charge in [-0.15, -0.1) is 0 Å². The topological polar surface area (TPSA) is 17.1 Å². The van der Waals surface area contributed by atoms with Crippen molar-refractivity contribution in [2.24, 2.45) is 11.8 Å². The molecule has 15 heavy (non-hydrogen) atoms. The Morgan fingerprint density at radius 2 is 1.87 bits per heavy atom. The SMILES string of the molecule is C=CC(=C(F)C=CC)C(C)C(=O)C(C)C. The summed E-state index contributed by atoms with van der Waals surface area (Å²) in [6.07, 6.45) is 4.37. The molecule has 0 aliphatic carbocycles. The lowest BCUT2D eigenvalue weighted by atomic mass is 9.89. The number of rotatable bonds is 5. The van der Waals surface area contributed by atoms with E-state index < -0.39 is 5.92 Å². The zero-order valence-electron chi connectivity index (χ0n) is 9.88. The number of Topliss-reactive ketones (excluding diaryl/α,β-unsaturated/α-hetero) is 1. The molecule has 1 unspecified atom stereocenters. The summed E-state index contributed by atoms with van der Waals surface area (Å²) < 4.78 is 13.5. The second kappa shape index (κ2) is 6.33. The fourth-order valence-electron chi connectivity index (χ4n) is 1.38. The molecule has 1 atom stereocenters. The van der Waals surface area contributed by atoms with Crippen LogP contribution in [-0.2, 0) is 4.79 Å². The average Bonchev–Trinajstić information content (AvgIpc) is 2.17. The molecule has 0 heterocycles. The molecular weight excluding hydrogens is 191 g/mol. The summed E-state index contributed by atoms with van der Waals surface area (Å²) in [5, 5.41) is 0. The van der Waals surface area contributed by atoms with Gasteiger partial charge in [0, 0.05) is 11.8 Å². The molecule has 0 aromatic heterocycles. The smallest absolute Gasteiger partial charge is 0.142 e. The first-order valence-electron chi connectivity index (χ1n) is 5.14. The molecule has 0 spiro atoms. The lowest BCUT2D eigenvalue weighted by molar-refractivity contribution is -0.124. The van der Waals surface area contributed by atoms with Crippen LogP contribution < -0.4 is 0 Å². The minimum atomic E-state index is -0.432. The van der Waals surface area contributed by atoms with Crippen molar-refractivity contribution < 1.29 is 9.18 Å². The molecule has 84 valence electrons. The quantitative estimate of drug-likeness (QED) is 0.630. The summed E-state index contributed by atoms with van der Waals surface area (Å²) in [6, 6.07) is 0. The van der Waals surface area contributed by atoms with Crippen LogP contribution in [0.1, 0.15) is 27.7 Å². The van der Waals surface area contributed by atoms with Crippen LogP contribution in [0.3, 0.4) is 0 Å². The Kier molecular flexibility index (Phi) is 5.83. The molecule has 0 aromatic rings. The number of hydrogen-bond acceptors (Lipinski definition) is 1. The summed E-state index contributed by atoms with van der Waals surface area (Å²) in [4.78, 5) is 11.7. The highest BCUT2D eigenvalue weighted by atomic mass is 19.1. The van der Waals surface area contributed by atoms with Crippen LogP contribution in [0.4, 0.5) is 4.39 Å². The lowest BCUT2D eigenvalue weighted by Crippen LogP contribution is -2.18. The van der Waals surface area contributed by atoms with Gasteiger partial charge in [-0.25, -0.2) is 4.39 Å². The van der Waals surface area contributed by atoms with Crippen molar-refractivity contribution in [2.75, 3.05) is 0 Å². The Morgan fingerprint density at radius 1 is 1.33 bits per heavy atom. The van der Waals surface area contributed by atoms with Gasteiger partial charge in [0.25, 0.3) is 0 Å². The van der Waals surface area contributed by atoms with Gasteiger partial charge in [-0.2, -0.15) is 0 Å². The molecule has 0 fully saturated rings. The number of halogens is 1. The molecule has 0 amide bonds. The standard InChI is InChI=1S/C13H19FO/c1-6-8-12(14)11(7-2)10(5)13(15)9(3)4/h6-10H,2H2,1,3-5H3. The van der Waals surface area contributed by atoms with Crippen molar-refractivity contribution in [2.45, 2.75) is 27.7 Å². The van der Waals surface area contributed by atoms with Gasteiger partial charge in [0.15, 0.2) is 0 Å². The van der Waals surface area contributed by atoms with E-state index in [1.165, 1.54) is 12.2 Å². The van der Waals surface area contributed by atoms with E-state index in [2.05, 4.69) is 6.58 Å². The van der Waals surface area contributed by atoms with Crippen molar-refractivity contribution >= 4 is 5.78 Å². The predicted octanol–water partition coefficient (Wildman–Crippen LogP) is 3.83. The number of allylic oxidation sites excluding steroid dienone is 5. The molecule has 0 rings (SSSR count). The molecule has 0 aliphatic heterocycles. The van der Waals surface area contributed by atoms with Crippen molar-refractivity contribution in [3.63, 3.8) is 0 Å². The first-order valence-corrected chi connectivity index (χ1v) is 5.14. The molecule has 2 heteroatoms. The van der Waals surface area contributed by atoms with Gasteiger partial charge in [0.1, 0.15) is 11.6 Å². The van der Waals surface area contributed by atoms with Gasteiger partial charge in [0.05, 0.1) is 0 Å². The minimum Gasteiger partial charge on any atom is -0.299 e. The highest BCUT2D eigenvalue weighted by molar-refractivity contribution is 5.85. The molecule has 0 bridgehead atoms. The molecule has 1 nitrogen and oxygen atoms in total. The van der Waals surface area contributed by atoms with Crippen LogP contribution in [0.25, 0.3) is 0 Å². The van der Waals surface area contributed by atoms with Crippen LogP contribution in [0.15, 0.2) is 36.2 Å². The number of carbonyl (C=O) groups excluding carboxylic acids is 1. The Morgan fingerprint density at radius 3 is 2.20 bits per heavy atom. The third-order valence-corrected chi connectivity index (χ3v) is 2.27. The maximum atomic E-state index is 13.5. The van der Waals surface area contributed by atoms with E-state index in [9.17, 15) is 9.18 Å². The maximum Gasteiger partial charge on any atom is 0.142 e. The summed E-state index contributed by atoms with van der Waals surface area (Å²) in [6.45, 7) is 10.6. The first kappa shape index (κ1) is 13.8. The molecule has 0 radical (unpaired) electrons. The Balaban J connectivity index is 5.07. The van der Waals surface area contributed by atoms with Crippen molar-refractivity contribution in [3.8, 4) is 0 Å². The summed E-state index contributed by atoms with van der Waals surface area (Å²) in [7, 11) is 0. The average molecular weight is 210 g/mol. The van der Waals surface area contributed by atoms with Crippen LogP contribution in [0.5, 0.6) is 0 Å². The molecule has 0 saturated carbocycles. The van der Waals surface area contributed by atoms with Gasteiger partial charge in [0.2, 0.25) is 0 Å². The number of ketones is 1. The van der Waals surface area contributed by atoms with Gasteiger partial charge < -0.3 is 0 Å². The molecule has 0 N–H and O–H groups in total. The van der Waals surface area contributed by atoms with E-state index in [0.717, 1.165) is 0 Å². The molecular formula is C13H19FO. The minimum absolute atomic E-state index is 0.0320. The monoisotopic (exact) mass is 210 g/mol. The van der Waals surface area contributed by atoms with Crippen molar-refractivity contribution in [3.05, 3.63) is 36.2 Å². The van der Waals surface area contributed by atoms with Gasteiger partial charge in [-0.3, -0.25) is 4.79 Å². The predicted molar refractivity (Wildman–Crippen MR) is 62.2 cm³/mol. The van der Waals surface area contributed by atoms with Crippen molar-refractivity contribution in [1.82, 2.24) is 0 Å². The van der Waals surface area contributed by atoms with Crippen molar-refractivity contribution in [1.29, 1.82) is 0 Å². The zero-order valence-corrected chi connectivity index (χ0v) is 9.88. The second-order valence-corrected chi connectivity index (χ2v) is 3.79. The zero-order chi connectivity index (χ0) is 12.0. The van der Waals surface area contributed by atoms with Gasteiger partial charge in [-0.05, 0) is 18.6 Å². The Hall–Kier alpha value is -1.18. The maximum absolute atomic E-state index is 13.5. The lowest BCUT2D eigenvalue weighted by Gasteiger charge is -2.14. The third kappa shape index (κ3) is 3.82. The normalized spacial score (nSPS) is 15.3. The van der Waals surface area contributed by atoms with Gasteiger partial charge >= 0.3 is 0 Å². The van der Waals surface area contributed by atoms with E-state index in [1.807, 2.05) is 13.8 Å². The summed E-state index contributed by atoms with van der Waals surface area (Å²) in [5.41, 5.74) is 0.367. The van der Waals surface area contributed by atoms with E-state index >= 15 is 0 Å².